The molecule has 0 N–H and O–H groups in total. The molecule has 1 aromatic carbocycles. The number of fused-ring (bicyclic) bond motifs is 2. The van der Waals surface area contributed by atoms with Crippen molar-refractivity contribution in [3.05, 3.63) is 42.1 Å². The summed E-state index contributed by atoms with van der Waals surface area (Å²) in [6.45, 7) is 5.31. The van der Waals surface area contributed by atoms with E-state index in [1.54, 1.807) is 6.92 Å². The Labute approximate surface area is 154 Å². The average Bonchev–Trinajstić information content (AvgIpc) is 2.65. The van der Waals surface area contributed by atoms with Gasteiger partial charge < -0.3 is 9.80 Å². The number of carbonyl (C=O) groups is 2. The van der Waals surface area contributed by atoms with E-state index in [0.29, 0.717) is 5.69 Å². The summed E-state index contributed by atoms with van der Waals surface area (Å²) in [7, 11) is 0. The van der Waals surface area contributed by atoms with E-state index >= 15 is 0 Å². The number of hydrogen-bond donors (Lipinski definition) is 0. The number of nitrogens with zero attached hydrogens (tertiary/aromatic N) is 3. The molecular formula is C21H25N3O2. The smallest absolute Gasteiger partial charge is 0.272 e. The predicted octanol–water partition coefficient (Wildman–Crippen LogP) is 3.24. The van der Waals surface area contributed by atoms with Gasteiger partial charge in [0.25, 0.3) is 5.91 Å². The molecule has 0 saturated carbocycles. The van der Waals surface area contributed by atoms with Gasteiger partial charge in [-0.05, 0) is 44.7 Å². The van der Waals surface area contributed by atoms with Crippen molar-refractivity contribution in [1.82, 2.24) is 14.8 Å². The van der Waals surface area contributed by atoms with Crippen molar-refractivity contribution in [3.63, 3.8) is 0 Å². The number of rotatable bonds is 1. The highest BCUT2D eigenvalue weighted by Crippen LogP contribution is 2.39. The van der Waals surface area contributed by atoms with Gasteiger partial charge in [0.1, 0.15) is 5.69 Å². The maximum Gasteiger partial charge on any atom is 0.272 e. The van der Waals surface area contributed by atoms with Crippen LogP contribution in [0.2, 0.25) is 0 Å². The highest BCUT2D eigenvalue weighted by Gasteiger charge is 2.49. The Hall–Kier alpha value is -2.43. The van der Waals surface area contributed by atoms with E-state index in [0.717, 1.165) is 49.7 Å². The lowest BCUT2D eigenvalue weighted by molar-refractivity contribution is -0.143. The molecule has 3 heterocycles. The molecule has 0 unspecified atom stereocenters. The minimum absolute atomic E-state index is 0.0166. The summed E-state index contributed by atoms with van der Waals surface area (Å²) in [6.07, 6.45) is 3.75. The van der Waals surface area contributed by atoms with E-state index in [1.165, 1.54) is 0 Å². The number of pyridine rings is 1. The van der Waals surface area contributed by atoms with E-state index in [1.807, 2.05) is 46.2 Å². The van der Waals surface area contributed by atoms with Gasteiger partial charge in [-0.3, -0.25) is 9.59 Å². The summed E-state index contributed by atoms with van der Waals surface area (Å²) in [6, 6.07) is 11.7. The van der Waals surface area contributed by atoms with Crippen LogP contribution in [0, 0.1) is 0 Å². The zero-order valence-corrected chi connectivity index (χ0v) is 15.4. The molecule has 5 heteroatoms. The first-order valence-electron chi connectivity index (χ1n) is 9.46. The average molecular weight is 351 g/mol. The Bertz CT molecular complexity index is 865. The molecule has 2 aliphatic heterocycles. The van der Waals surface area contributed by atoms with Crippen molar-refractivity contribution in [2.45, 2.75) is 51.1 Å². The van der Waals surface area contributed by atoms with Crippen LogP contribution in [0.25, 0.3) is 10.9 Å². The molecule has 4 rings (SSSR count). The van der Waals surface area contributed by atoms with Crippen molar-refractivity contribution in [1.29, 1.82) is 0 Å². The van der Waals surface area contributed by atoms with Gasteiger partial charge in [-0.25, -0.2) is 4.98 Å². The molecule has 2 aromatic rings. The van der Waals surface area contributed by atoms with Crippen molar-refractivity contribution >= 4 is 22.7 Å². The largest absolute Gasteiger partial charge is 0.335 e. The Morgan fingerprint density at radius 1 is 1.12 bits per heavy atom. The molecule has 2 saturated heterocycles. The Morgan fingerprint density at radius 2 is 1.92 bits per heavy atom. The van der Waals surface area contributed by atoms with Crippen LogP contribution in [-0.2, 0) is 4.79 Å². The third-order valence-corrected chi connectivity index (χ3v) is 6.11. The topological polar surface area (TPSA) is 53.5 Å². The number of piperidine rings is 2. The third-order valence-electron chi connectivity index (χ3n) is 6.11. The second-order valence-corrected chi connectivity index (χ2v) is 7.68. The lowest BCUT2D eigenvalue weighted by atomic mass is 9.76. The third kappa shape index (κ3) is 2.66. The van der Waals surface area contributed by atoms with Gasteiger partial charge in [0.15, 0.2) is 0 Å². The van der Waals surface area contributed by atoms with Gasteiger partial charge >= 0.3 is 0 Å². The quantitative estimate of drug-likeness (QED) is 0.792. The van der Waals surface area contributed by atoms with Gasteiger partial charge in [-0.1, -0.05) is 24.3 Å². The van der Waals surface area contributed by atoms with E-state index in [2.05, 4.69) is 11.9 Å². The van der Waals surface area contributed by atoms with Crippen LogP contribution in [0.3, 0.4) is 0 Å². The summed E-state index contributed by atoms with van der Waals surface area (Å²) in [4.78, 5) is 34.0. The highest BCUT2D eigenvalue weighted by atomic mass is 16.2. The molecule has 2 amide bonds. The number of para-hydroxylation sites is 1. The fraction of sp³-hybridized carbons (Fsp3) is 0.476. The van der Waals surface area contributed by atoms with Crippen LogP contribution in [0.5, 0.6) is 0 Å². The lowest BCUT2D eigenvalue weighted by Crippen LogP contribution is -2.68. The van der Waals surface area contributed by atoms with Gasteiger partial charge in [0.2, 0.25) is 5.91 Å². The molecule has 0 spiro atoms. The van der Waals surface area contributed by atoms with Gasteiger partial charge in [0, 0.05) is 25.4 Å². The molecule has 0 bridgehead atoms. The van der Waals surface area contributed by atoms with Crippen LogP contribution in [0.15, 0.2) is 36.4 Å². The summed E-state index contributed by atoms with van der Waals surface area (Å²) in [5.74, 6) is 0.0902. The molecule has 1 aromatic heterocycles. The number of hydrogen-bond acceptors (Lipinski definition) is 3. The Kier molecular flexibility index (Phi) is 4.17. The number of benzene rings is 1. The monoisotopic (exact) mass is 351 g/mol. The first kappa shape index (κ1) is 17.0. The fourth-order valence-electron chi connectivity index (χ4n) is 4.84. The first-order valence-corrected chi connectivity index (χ1v) is 9.46. The minimum atomic E-state index is -0.269. The van der Waals surface area contributed by atoms with E-state index in [9.17, 15) is 9.59 Å². The van der Waals surface area contributed by atoms with E-state index in [4.69, 9.17) is 0 Å². The zero-order chi connectivity index (χ0) is 18.3. The number of aromatic nitrogens is 1. The Morgan fingerprint density at radius 3 is 2.73 bits per heavy atom. The van der Waals surface area contributed by atoms with Crippen LogP contribution >= 0.6 is 0 Å². The van der Waals surface area contributed by atoms with Crippen molar-refractivity contribution in [2.24, 2.45) is 0 Å². The second kappa shape index (κ2) is 6.38. The van der Waals surface area contributed by atoms with Crippen LogP contribution < -0.4 is 0 Å². The van der Waals surface area contributed by atoms with Gasteiger partial charge in [-0.15, -0.1) is 0 Å². The van der Waals surface area contributed by atoms with Gasteiger partial charge in [0.05, 0.1) is 17.1 Å². The van der Waals surface area contributed by atoms with E-state index < -0.39 is 0 Å². The first-order chi connectivity index (χ1) is 12.5. The number of carbonyl (C=O) groups excluding carboxylic acids is 2. The number of amides is 2. The summed E-state index contributed by atoms with van der Waals surface area (Å²) >= 11 is 0. The normalized spacial score (nSPS) is 25.8. The van der Waals surface area contributed by atoms with Crippen molar-refractivity contribution in [3.8, 4) is 0 Å². The molecule has 26 heavy (non-hydrogen) atoms. The SMILES string of the molecule is CC(=O)N1CCC[C@H]2N(C(=O)c3ccc4ccccc4n3)CCC[C@@]21C. The number of likely N-dealkylation sites (tertiary alicyclic amines) is 2. The van der Waals surface area contributed by atoms with Crippen LogP contribution in [-0.4, -0.2) is 51.3 Å². The van der Waals surface area contributed by atoms with Gasteiger partial charge in [-0.2, -0.15) is 0 Å². The summed E-state index contributed by atoms with van der Waals surface area (Å²) < 4.78 is 0. The molecule has 2 fully saturated rings. The van der Waals surface area contributed by atoms with E-state index in [-0.39, 0.29) is 23.4 Å². The lowest BCUT2D eigenvalue weighted by Gasteiger charge is -2.56. The minimum Gasteiger partial charge on any atom is -0.335 e. The zero-order valence-electron chi connectivity index (χ0n) is 15.4. The standard InChI is InChI=1S/C21H25N3O2/c1-15(25)24-14-5-9-19-21(24,2)12-6-13-23(19)20(26)18-11-10-16-7-3-4-8-17(16)22-18/h3-4,7-8,10-11,19H,5-6,9,12-14H2,1-2H3/t19-,21+/m1/s1. The maximum atomic E-state index is 13.3. The molecule has 5 nitrogen and oxygen atoms in total. The highest BCUT2D eigenvalue weighted by molar-refractivity contribution is 5.95. The summed E-state index contributed by atoms with van der Waals surface area (Å²) in [5, 5.41) is 1.04. The molecule has 0 aliphatic carbocycles. The predicted molar refractivity (Wildman–Crippen MR) is 101 cm³/mol. The summed E-state index contributed by atoms with van der Waals surface area (Å²) in [5.41, 5.74) is 1.06. The molecule has 136 valence electrons. The molecule has 0 radical (unpaired) electrons. The van der Waals surface area contributed by atoms with Crippen LogP contribution in [0.4, 0.5) is 0 Å². The second-order valence-electron chi connectivity index (χ2n) is 7.68. The van der Waals surface area contributed by atoms with Crippen molar-refractivity contribution in [2.75, 3.05) is 13.1 Å². The van der Waals surface area contributed by atoms with Crippen molar-refractivity contribution < 1.29 is 9.59 Å². The molecular weight excluding hydrogens is 326 g/mol. The molecule has 2 aliphatic rings. The van der Waals surface area contributed by atoms with Crippen LogP contribution in [0.1, 0.15) is 50.0 Å². The Balaban J connectivity index is 1.67. The molecule has 2 atom stereocenters. The maximum absolute atomic E-state index is 13.3. The fourth-order valence-corrected chi connectivity index (χ4v) is 4.84.